The van der Waals surface area contributed by atoms with Gasteiger partial charge in [0.2, 0.25) is 0 Å². The van der Waals surface area contributed by atoms with Crippen LogP contribution in [-0.2, 0) is 19.1 Å². The summed E-state index contributed by atoms with van der Waals surface area (Å²) >= 11 is 0. The Morgan fingerprint density at radius 2 is 1.58 bits per heavy atom. The van der Waals surface area contributed by atoms with E-state index in [1.165, 1.54) is 14.2 Å². The van der Waals surface area contributed by atoms with Gasteiger partial charge in [0, 0.05) is 5.57 Å². The monoisotopic (exact) mass is 268 g/mol. The second kappa shape index (κ2) is 7.31. The molecule has 0 saturated heterocycles. The lowest BCUT2D eigenvalue weighted by molar-refractivity contribution is -0.140. The number of hydrogen-bond acceptors (Lipinski definition) is 4. The SMILES string of the molecule is COC(=O)/C(CC(C)C)=C(\C(=O)OC)C1CCCC1. The number of methoxy groups -OCH3 is 2. The molecule has 0 bridgehead atoms. The minimum Gasteiger partial charge on any atom is -0.466 e. The number of rotatable bonds is 5. The Bertz CT molecular complexity index is 362. The summed E-state index contributed by atoms with van der Waals surface area (Å²) < 4.78 is 9.72. The first-order chi connectivity index (χ1) is 9.01. The van der Waals surface area contributed by atoms with Crippen LogP contribution in [0.5, 0.6) is 0 Å². The fourth-order valence-corrected chi connectivity index (χ4v) is 2.70. The lowest BCUT2D eigenvalue weighted by Gasteiger charge is -2.18. The van der Waals surface area contributed by atoms with E-state index in [-0.39, 0.29) is 17.8 Å². The van der Waals surface area contributed by atoms with Gasteiger partial charge in [0.05, 0.1) is 19.8 Å². The smallest absolute Gasteiger partial charge is 0.334 e. The maximum absolute atomic E-state index is 12.1. The third-order valence-corrected chi connectivity index (χ3v) is 3.54. The van der Waals surface area contributed by atoms with E-state index < -0.39 is 5.97 Å². The van der Waals surface area contributed by atoms with Crippen LogP contribution in [0.2, 0.25) is 0 Å². The second-order valence-corrected chi connectivity index (χ2v) is 5.45. The number of esters is 2. The van der Waals surface area contributed by atoms with Gasteiger partial charge < -0.3 is 9.47 Å². The number of hydrogen-bond donors (Lipinski definition) is 0. The molecule has 0 N–H and O–H groups in total. The highest BCUT2D eigenvalue weighted by atomic mass is 16.5. The van der Waals surface area contributed by atoms with Crippen LogP contribution in [0.15, 0.2) is 11.1 Å². The van der Waals surface area contributed by atoms with Gasteiger partial charge in [-0.25, -0.2) is 9.59 Å². The summed E-state index contributed by atoms with van der Waals surface area (Å²) in [4.78, 5) is 24.0. The van der Waals surface area contributed by atoms with Crippen molar-refractivity contribution in [3.05, 3.63) is 11.1 Å². The normalized spacial score (nSPS) is 17.3. The molecule has 0 radical (unpaired) electrons. The van der Waals surface area contributed by atoms with Crippen molar-refractivity contribution in [1.82, 2.24) is 0 Å². The maximum atomic E-state index is 12.1. The van der Waals surface area contributed by atoms with Crippen LogP contribution in [0.1, 0.15) is 46.0 Å². The zero-order valence-corrected chi connectivity index (χ0v) is 12.3. The van der Waals surface area contributed by atoms with Crippen LogP contribution >= 0.6 is 0 Å². The summed E-state index contributed by atoms with van der Waals surface area (Å²) in [5.74, 6) is -0.357. The van der Waals surface area contributed by atoms with E-state index in [0.29, 0.717) is 17.6 Å². The summed E-state index contributed by atoms with van der Waals surface area (Å²) in [6.07, 6.45) is 4.64. The Hall–Kier alpha value is -1.32. The third kappa shape index (κ3) is 4.08. The van der Waals surface area contributed by atoms with Gasteiger partial charge in [0.1, 0.15) is 0 Å². The molecule has 0 unspecified atom stereocenters. The lowest BCUT2D eigenvalue weighted by Crippen LogP contribution is -2.20. The molecule has 0 atom stereocenters. The Morgan fingerprint density at radius 3 is 2.00 bits per heavy atom. The molecule has 1 fully saturated rings. The molecule has 0 heterocycles. The Kier molecular flexibility index (Phi) is 6.06. The molecule has 108 valence electrons. The van der Waals surface area contributed by atoms with Crippen molar-refractivity contribution in [3.8, 4) is 0 Å². The molecule has 1 saturated carbocycles. The highest BCUT2D eigenvalue weighted by molar-refractivity contribution is 6.00. The fraction of sp³-hybridized carbons (Fsp3) is 0.733. The van der Waals surface area contributed by atoms with Gasteiger partial charge in [-0.3, -0.25) is 0 Å². The molecule has 19 heavy (non-hydrogen) atoms. The van der Waals surface area contributed by atoms with Crippen LogP contribution in [0.3, 0.4) is 0 Å². The molecule has 1 aliphatic rings. The van der Waals surface area contributed by atoms with E-state index in [1.54, 1.807) is 0 Å². The summed E-state index contributed by atoms with van der Waals surface area (Å²) in [6, 6.07) is 0. The molecule has 0 amide bonds. The summed E-state index contributed by atoms with van der Waals surface area (Å²) in [5, 5.41) is 0. The van der Waals surface area contributed by atoms with Gasteiger partial charge in [-0.2, -0.15) is 0 Å². The second-order valence-electron chi connectivity index (χ2n) is 5.45. The van der Waals surface area contributed by atoms with Gasteiger partial charge in [-0.05, 0) is 31.1 Å². The van der Waals surface area contributed by atoms with Crippen molar-refractivity contribution in [2.45, 2.75) is 46.0 Å². The van der Waals surface area contributed by atoms with E-state index in [0.717, 1.165) is 25.7 Å². The molecule has 1 rings (SSSR count). The van der Waals surface area contributed by atoms with Crippen LogP contribution in [-0.4, -0.2) is 26.2 Å². The van der Waals surface area contributed by atoms with Crippen LogP contribution in [0, 0.1) is 11.8 Å². The maximum Gasteiger partial charge on any atom is 0.334 e. The standard InChI is InChI=1S/C15H24O4/c1-10(2)9-12(14(16)18-3)13(15(17)19-4)11-7-5-6-8-11/h10-11H,5-9H2,1-4H3/b13-12-. The van der Waals surface area contributed by atoms with Crippen molar-refractivity contribution < 1.29 is 19.1 Å². The first kappa shape index (κ1) is 15.7. The molecule has 0 aromatic carbocycles. The average molecular weight is 268 g/mol. The minimum atomic E-state index is -0.402. The van der Waals surface area contributed by atoms with E-state index >= 15 is 0 Å². The van der Waals surface area contributed by atoms with Crippen molar-refractivity contribution in [1.29, 1.82) is 0 Å². The first-order valence-corrected chi connectivity index (χ1v) is 6.90. The zero-order chi connectivity index (χ0) is 14.4. The van der Waals surface area contributed by atoms with Crippen molar-refractivity contribution in [2.24, 2.45) is 11.8 Å². The van der Waals surface area contributed by atoms with E-state index in [4.69, 9.17) is 9.47 Å². The molecule has 1 aliphatic carbocycles. The van der Waals surface area contributed by atoms with E-state index in [1.807, 2.05) is 13.8 Å². The summed E-state index contributed by atoms with van der Waals surface area (Å²) in [5.41, 5.74) is 1.04. The molecule has 0 aromatic heterocycles. The van der Waals surface area contributed by atoms with Crippen molar-refractivity contribution in [2.75, 3.05) is 14.2 Å². The lowest BCUT2D eigenvalue weighted by atomic mass is 9.88. The first-order valence-electron chi connectivity index (χ1n) is 6.90. The van der Waals surface area contributed by atoms with Crippen LogP contribution in [0.4, 0.5) is 0 Å². The molecular weight excluding hydrogens is 244 g/mol. The minimum absolute atomic E-state index is 0.139. The Morgan fingerprint density at radius 1 is 1.05 bits per heavy atom. The topological polar surface area (TPSA) is 52.6 Å². The van der Waals surface area contributed by atoms with Crippen molar-refractivity contribution in [3.63, 3.8) is 0 Å². The predicted octanol–water partition coefficient (Wildman–Crippen LogP) is 2.87. The quantitative estimate of drug-likeness (QED) is 0.568. The van der Waals surface area contributed by atoms with Gasteiger partial charge in [-0.1, -0.05) is 26.7 Å². The molecule has 0 spiro atoms. The number of carbonyl (C=O) groups excluding carboxylic acids is 2. The van der Waals surface area contributed by atoms with E-state index in [9.17, 15) is 9.59 Å². The molecular formula is C15H24O4. The third-order valence-electron chi connectivity index (χ3n) is 3.54. The molecule has 0 aromatic rings. The highest BCUT2D eigenvalue weighted by Gasteiger charge is 2.31. The van der Waals surface area contributed by atoms with Gasteiger partial charge in [0.25, 0.3) is 0 Å². The predicted molar refractivity (Wildman–Crippen MR) is 72.5 cm³/mol. The summed E-state index contributed by atoms with van der Waals surface area (Å²) in [7, 11) is 2.72. The van der Waals surface area contributed by atoms with E-state index in [2.05, 4.69) is 0 Å². The molecule has 4 nitrogen and oxygen atoms in total. The van der Waals surface area contributed by atoms with Gasteiger partial charge in [0.15, 0.2) is 0 Å². The Balaban J connectivity index is 3.20. The number of ether oxygens (including phenoxy) is 2. The fourth-order valence-electron chi connectivity index (χ4n) is 2.70. The largest absolute Gasteiger partial charge is 0.466 e. The zero-order valence-electron chi connectivity index (χ0n) is 12.3. The average Bonchev–Trinajstić information content (AvgIpc) is 2.90. The van der Waals surface area contributed by atoms with Crippen molar-refractivity contribution >= 4 is 11.9 Å². The molecule has 4 heteroatoms. The highest BCUT2D eigenvalue weighted by Crippen LogP contribution is 2.35. The van der Waals surface area contributed by atoms with Gasteiger partial charge in [-0.15, -0.1) is 0 Å². The Labute approximate surface area is 115 Å². The van der Waals surface area contributed by atoms with Crippen LogP contribution in [0.25, 0.3) is 0 Å². The van der Waals surface area contributed by atoms with Crippen LogP contribution < -0.4 is 0 Å². The number of carbonyl (C=O) groups is 2. The summed E-state index contributed by atoms with van der Waals surface area (Å²) in [6.45, 7) is 4.04. The molecule has 0 aliphatic heterocycles. The van der Waals surface area contributed by atoms with Gasteiger partial charge >= 0.3 is 11.9 Å².